The van der Waals surface area contributed by atoms with Gasteiger partial charge in [0.15, 0.2) is 0 Å². The molecule has 3 aromatic rings. The molecule has 2 aromatic carbocycles. The van der Waals surface area contributed by atoms with Crippen molar-refractivity contribution in [2.45, 2.75) is 25.2 Å². The van der Waals surface area contributed by atoms with Crippen LogP contribution in [0.5, 0.6) is 0 Å². The fraction of sp³-hybridized carbons (Fsp3) is 0.158. The van der Waals surface area contributed by atoms with E-state index in [2.05, 4.69) is 25.6 Å². The molecule has 0 spiro atoms. The van der Waals surface area contributed by atoms with Gasteiger partial charge in [0.05, 0.1) is 11.3 Å². The maximum absolute atomic E-state index is 12.6. The van der Waals surface area contributed by atoms with E-state index in [0.29, 0.717) is 5.56 Å². The van der Waals surface area contributed by atoms with Crippen LogP contribution in [0.1, 0.15) is 16.8 Å². The van der Waals surface area contributed by atoms with Crippen LogP contribution in [0.25, 0.3) is 10.6 Å². The van der Waals surface area contributed by atoms with Gasteiger partial charge in [0.2, 0.25) is 5.91 Å². The Morgan fingerprint density at radius 2 is 1.96 bits per heavy atom. The quantitative estimate of drug-likeness (QED) is 0.612. The lowest BCUT2D eigenvalue weighted by Crippen LogP contribution is -2.31. The van der Waals surface area contributed by atoms with E-state index >= 15 is 0 Å². The fourth-order valence-electron chi connectivity index (χ4n) is 2.46. The number of hydrogen-bond donors (Lipinski definition) is 1. The second-order valence-electron chi connectivity index (χ2n) is 6.11. The van der Waals surface area contributed by atoms with E-state index in [0.717, 1.165) is 26.3 Å². The first-order chi connectivity index (χ1) is 12.7. The first kappa shape index (κ1) is 19.7. The van der Waals surface area contributed by atoms with Crippen LogP contribution in [0, 0.1) is 13.8 Å². The average molecular weight is 465 g/mol. The van der Waals surface area contributed by atoms with Crippen LogP contribution in [0.2, 0.25) is 0 Å². The van der Waals surface area contributed by atoms with E-state index in [1.807, 2.05) is 31.4 Å². The molecule has 0 radical (unpaired) electrons. The van der Waals surface area contributed by atoms with Crippen molar-refractivity contribution in [3.63, 3.8) is 0 Å². The van der Waals surface area contributed by atoms with Gasteiger partial charge in [-0.2, -0.15) is 0 Å². The number of sulfonamides is 1. The Bertz CT molecular complexity index is 1110. The summed E-state index contributed by atoms with van der Waals surface area (Å²) in [6, 6.07) is 11.9. The van der Waals surface area contributed by atoms with Gasteiger partial charge in [-0.15, -0.1) is 11.3 Å². The lowest BCUT2D eigenvalue weighted by Gasteiger charge is -2.09. The van der Waals surface area contributed by atoms with Crippen LogP contribution in [0.3, 0.4) is 0 Å². The number of aromatic nitrogens is 1. The van der Waals surface area contributed by atoms with Gasteiger partial charge in [-0.05, 0) is 43.2 Å². The van der Waals surface area contributed by atoms with Gasteiger partial charge in [-0.1, -0.05) is 40.2 Å². The number of amides is 1. The lowest BCUT2D eigenvalue weighted by molar-refractivity contribution is -0.118. The van der Waals surface area contributed by atoms with Crippen molar-refractivity contribution in [2.24, 2.45) is 0 Å². The van der Waals surface area contributed by atoms with Crippen molar-refractivity contribution in [1.82, 2.24) is 9.71 Å². The van der Waals surface area contributed by atoms with Gasteiger partial charge in [0.1, 0.15) is 5.01 Å². The molecule has 0 unspecified atom stereocenters. The van der Waals surface area contributed by atoms with E-state index in [1.54, 1.807) is 18.2 Å². The van der Waals surface area contributed by atoms with Crippen LogP contribution in [0.15, 0.2) is 57.2 Å². The fourth-order valence-corrected chi connectivity index (χ4v) is 4.71. The Morgan fingerprint density at radius 3 is 2.63 bits per heavy atom. The standard InChI is InChI=1S/C19H17BrN2O3S2/c1-12-6-7-14(8-17(12)20)9-18(23)22-27(24,25)16-5-3-4-15(10-16)19-21-13(2)11-26-19/h3-8,10-11H,9H2,1-2H3,(H,22,23). The number of aryl methyl sites for hydroxylation is 2. The molecule has 27 heavy (non-hydrogen) atoms. The number of benzene rings is 2. The molecule has 0 atom stereocenters. The summed E-state index contributed by atoms with van der Waals surface area (Å²) in [4.78, 5) is 16.6. The van der Waals surface area contributed by atoms with Crippen LogP contribution in [0.4, 0.5) is 0 Å². The van der Waals surface area contributed by atoms with E-state index < -0.39 is 15.9 Å². The molecule has 0 saturated carbocycles. The summed E-state index contributed by atoms with van der Waals surface area (Å²) in [5.74, 6) is -0.582. The molecule has 0 fully saturated rings. The second-order valence-corrected chi connectivity index (χ2v) is 9.51. The molecular formula is C19H17BrN2O3S2. The van der Waals surface area contributed by atoms with E-state index in [1.165, 1.54) is 23.5 Å². The summed E-state index contributed by atoms with van der Waals surface area (Å²) in [6.07, 6.45) is -0.0243. The van der Waals surface area contributed by atoms with Gasteiger partial charge in [-0.25, -0.2) is 18.1 Å². The molecule has 0 aliphatic rings. The Hall–Kier alpha value is -2.03. The smallest absolute Gasteiger partial charge is 0.264 e. The Kier molecular flexibility index (Phi) is 5.78. The second kappa shape index (κ2) is 7.92. The molecule has 0 aliphatic heterocycles. The van der Waals surface area contributed by atoms with E-state index in [4.69, 9.17) is 0 Å². The predicted molar refractivity (Wildman–Crippen MR) is 110 cm³/mol. The minimum atomic E-state index is -3.96. The van der Waals surface area contributed by atoms with E-state index in [-0.39, 0.29) is 11.3 Å². The van der Waals surface area contributed by atoms with Gasteiger partial charge in [-0.3, -0.25) is 4.79 Å². The number of carbonyl (C=O) groups excluding carboxylic acids is 1. The van der Waals surface area contributed by atoms with Gasteiger partial charge < -0.3 is 0 Å². The molecular weight excluding hydrogens is 448 g/mol. The lowest BCUT2D eigenvalue weighted by atomic mass is 10.1. The zero-order valence-electron chi connectivity index (χ0n) is 14.7. The molecule has 1 N–H and O–H groups in total. The molecule has 3 rings (SSSR count). The third kappa shape index (κ3) is 4.82. The molecule has 8 heteroatoms. The molecule has 1 heterocycles. The third-order valence-electron chi connectivity index (χ3n) is 3.86. The number of carbonyl (C=O) groups is 1. The molecule has 5 nitrogen and oxygen atoms in total. The first-order valence-corrected chi connectivity index (χ1v) is 11.2. The monoisotopic (exact) mass is 464 g/mol. The molecule has 0 aliphatic carbocycles. The minimum Gasteiger partial charge on any atom is -0.274 e. The molecule has 140 valence electrons. The maximum Gasteiger partial charge on any atom is 0.264 e. The Morgan fingerprint density at radius 1 is 1.19 bits per heavy atom. The van der Waals surface area contributed by atoms with Crippen LogP contribution in [-0.2, 0) is 21.2 Å². The summed E-state index contributed by atoms with van der Waals surface area (Å²) in [5.41, 5.74) is 3.35. The van der Waals surface area contributed by atoms with Crippen molar-refractivity contribution in [3.8, 4) is 10.6 Å². The van der Waals surface area contributed by atoms with Crippen LogP contribution in [-0.4, -0.2) is 19.3 Å². The third-order valence-corrected chi connectivity index (χ3v) is 7.09. The van der Waals surface area contributed by atoms with Crippen LogP contribution >= 0.6 is 27.3 Å². The molecule has 0 saturated heterocycles. The highest BCUT2D eigenvalue weighted by Crippen LogP contribution is 2.25. The summed E-state index contributed by atoms with van der Waals surface area (Å²) < 4.78 is 28.2. The number of thiazole rings is 1. The Labute approximate surface area is 170 Å². The molecule has 1 amide bonds. The van der Waals surface area contributed by atoms with Gasteiger partial charge in [0, 0.05) is 21.1 Å². The van der Waals surface area contributed by atoms with E-state index in [9.17, 15) is 13.2 Å². The van der Waals surface area contributed by atoms with Gasteiger partial charge >= 0.3 is 0 Å². The molecule has 1 aromatic heterocycles. The number of rotatable bonds is 5. The summed E-state index contributed by atoms with van der Waals surface area (Å²) in [6.45, 7) is 3.82. The van der Waals surface area contributed by atoms with Crippen LogP contribution < -0.4 is 4.72 Å². The van der Waals surface area contributed by atoms with Crippen molar-refractivity contribution in [2.75, 3.05) is 0 Å². The summed E-state index contributed by atoms with van der Waals surface area (Å²) in [7, 11) is -3.96. The zero-order chi connectivity index (χ0) is 19.6. The number of nitrogens with zero attached hydrogens (tertiary/aromatic N) is 1. The first-order valence-electron chi connectivity index (χ1n) is 8.08. The number of hydrogen-bond acceptors (Lipinski definition) is 5. The van der Waals surface area contributed by atoms with Crippen molar-refractivity contribution < 1.29 is 13.2 Å². The summed E-state index contributed by atoms with van der Waals surface area (Å²) in [5, 5.41) is 2.64. The molecule has 0 bridgehead atoms. The van der Waals surface area contributed by atoms with Crippen molar-refractivity contribution in [3.05, 3.63) is 69.1 Å². The minimum absolute atomic E-state index is 0.0243. The highest BCUT2D eigenvalue weighted by Gasteiger charge is 2.19. The zero-order valence-corrected chi connectivity index (χ0v) is 17.9. The normalized spacial score (nSPS) is 11.4. The highest BCUT2D eigenvalue weighted by molar-refractivity contribution is 9.10. The summed E-state index contributed by atoms with van der Waals surface area (Å²) >= 11 is 4.85. The maximum atomic E-state index is 12.6. The topological polar surface area (TPSA) is 76.1 Å². The largest absolute Gasteiger partial charge is 0.274 e. The number of nitrogens with one attached hydrogen (secondary N) is 1. The number of halogens is 1. The average Bonchev–Trinajstić information content (AvgIpc) is 3.04. The highest BCUT2D eigenvalue weighted by atomic mass is 79.9. The SMILES string of the molecule is Cc1csc(-c2cccc(S(=O)(=O)NC(=O)Cc3ccc(C)c(Br)c3)c2)n1. The van der Waals surface area contributed by atoms with Gasteiger partial charge in [0.25, 0.3) is 10.0 Å². The van der Waals surface area contributed by atoms with Crippen molar-refractivity contribution in [1.29, 1.82) is 0 Å². The Balaban J connectivity index is 1.78. The van der Waals surface area contributed by atoms with Crippen molar-refractivity contribution >= 4 is 43.2 Å². The predicted octanol–water partition coefficient (Wildman–Crippen LogP) is 4.24.